The van der Waals surface area contributed by atoms with Gasteiger partial charge < -0.3 is 14.6 Å². The van der Waals surface area contributed by atoms with Crippen LogP contribution in [0.15, 0.2) is 10.5 Å². The molecule has 0 saturated heterocycles. The second-order valence-corrected chi connectivity index (χ2v) is 5.25. The lowest BCUT2D eigenvalue weighted by Crippen LogP contribution is -2.09. The fourth-order valence-electron chi connectivity index (χ4n) is 1.97. The Morgan fingerprint density at radius 3 is 2.71 bits per heavy atom. The molecule has 0 amide bonds. The van der Waals surface area contributed by atoms with Crippen LogP contribution in [0.1, 0.15) is 24.8 Å². The van der Waals surface area contributed by atoms with Crippen molar-refractivity contribution >= 4 is 15.9 Å². The minimum absolute atomic E-state index is 0.243. The average molecular weight is 303 g/mol. The summed E-state index contributed by atoms with van der Waals surface area (Å²) in [6.45, 7) is 1.05. The molecular formula is C12H12BrFO3. The number of halogens is 2. The largest absolute Gasteiger partial charge is 0.490 e. The maximum atomic E-state index is 14.1. The summed E-state index contributed by atoms with van der Waals surface area (Å²) in [6.07, 6.45) is 1.95. The summed E-state index contributed by atoms with van der Waals surface area (Å²) in [7, 11) is 0. The molecule has 3 rings (SSSR count). The Hall–Kier alpha value is -0.810. The van der Waals surface area contributed by atoms with E-state index < -0.39 is 11.4 Å². The molecule has 3 nitrogen and oxygen atoms in total. The molecule has 0 bridgehead atoms. The Bertz CT molecular complexity index is 471. The van der Waals surface area contributed by atoms with E-state index >= 15 is 0 Å². The molecule has 1 aromatic rings. The molecule has 0 spiro atoms. The van der Waals surface area contributed by atoms with Gasteiger partial charge in [0.15, 0.2) is 11.5 Å². The Morgan fingerprint density at radius 2 is 2.00 bits per heavy atom. The van der Waals surface area contributed by atoms with Crippen molar-refractivity contribution < 1.29 is 19.0 Å². The van der Waals surface area contributed by atoms with Gasteiger partial charge in [0.2, 0.25) is 0 Å². The molecule has 1 saturated carbocycles. The number of fused-ring (bicyclic) bond motifs is 1. The Balaban J connectivity index is 2.14. The topological polar surface area (TPSA) is 38.7 Å². The predicted octanol–water partition coefficient (Wildman–Crippen LogP) is 2.73. The van der Waals surface area contributed by atoms with Crippen LogP contribution in [0.4, 0.5) is 4.39 Å². The predicted molar refractivity (Wildman–Crippen MR) is 62.8 cm³/mol. The van der Waals surface area contributed by atoms with E-state index in [9.17, 15) is 9.50 Å². The first-order valence-corrected chi connectivity index (χ1v) is 6.41. The van der Waals surface area contributed by atoms with Crippen molar-refractivity contribution in [3.05, 3.63) is 21.9 Å². The van der Waals surface area contributed by atoms with Crippen molar-refractivity contribution in [1.82, 2.24) is 0 Å². The zero-order valence-electron chi connectivity index (χ0n) is 9.13. The third-order valence-electron chi connectivity index (χ3n) is 3.15. The van der Waals surface area contributed by atoms with Crippen molar-refractivity contribution in [2.24, 2.45) is 0 Å². The number of ether oxygens (including phenoxy) is 2. The number of benzene rings is 1. The minimum Gasteiger partial charge on any atom is -0.490 e. The highest BCUT2D eigenvalue weighted by atomic mass is 79.9. The summed E-state index contributed by atoms with van der Waals surface area (Å²) in [5.74, 6) is 0.452. The minimum atomic E-state index is -1.02. The maximum Gasteiger partial charge on any atom is 0.178 e. The first-order valence-electron chi connectivity index (χ1n) is 5.62. The van der Waals surface area contributed by atoms with Gasteiger partial charge in [-0.25, -0.2) is 4.39 Å². The van der Waals surface area contributed by atoms with E-state index in [-0.39, 0.29) is 4.47 Å². The molecule has 0 aromatic heterocycles. The number of hydrogen-bond acceptors (Lipinski definition) is 3. The second kappa shape index (κ2) is 3.85. The van der Waals surface area contributed by atoms with Gasteiger partial charge in [0, 0.05) is 12.0 Å². The third kappa shape index (κ3) is 1.81. The Kier molecular flexibility index (Phi) is 2.56. The van der Waals surface area contributed by atoms with Crippen LogP contribution < -0.4 is 9.47 Å². The molecule has 1 heterocycles. The van der Waals surface area contributed by atoms with E-state index in [1.807, 2.05) is 0 Å². The molecule has 0 radical (unpaired) electrons. The summed E-state index contributed by atoms with van der Waals surface area (Å²) in [5.41, 5.74) is -0.717. The van der Waals surface area contributed by atoms with Crippen molar-refractivity contribution in [3.8, 4) is 11.5 Å². The van der Waals surface area contributed by atoms with E-state index in [2.05, 4.69) is 15.9 Å². The summed E-state index contributed by atoms with van der Waals surface area (Å²) < 4.78 is 25.3. The van der Waals surface area contributed by atoms with Crippen molar-refractivity contribution in [3.63, 3.8) is 0 Å². The van der Waals surface area contributed by atoms with E-state index in [0.717, 1.165) is 6.42 Å². The van der Waals surface area contributed by atoms with Crippen LogP contribution in [0.3, 0.4) is 0 Å². The molecule has 92 valence electrons. The van der Waals surface area contributed by atoms with Gasteiger partial charge >= 0.3 is 0 Å². The fraction of sp³-hybridized carbons (Fsp3) is 0.500. The van der Waals surface area contributed by atoms with Gasteiger partial charge in [-0.05, 0) is 34.8 Å². The molecule has 1 aliphatic carbocycles. The summed E-state index contributed by atoms with van der Waals surface area (Å²) >= 11 is 3.18. The molecule has 17 heavy (non-hydrogen) atoms. The van der Waals surface area contributed by atoms with Gasteiger partial charge in [-0.2, -0.15) is 0 Å². The standard InChI is InChI=1S/C12H12BrFO3/c13-9-10(14)7(12(15)2-3-12)6-8-11(9)17-5-1-4-16-8/h6,15H,1-5H2. The van der Waals surface area contributed by atoms with Crippen molar-refractivity contribution in [1.29, 1.82) is 0 Å². The smallest absolute Gasteiger partial charge is 0.178 e. The van der Waals surface area contributed by atoms with Crippen LogP contribution in [0.5, 0.6) is 11.5 Å². The molecular weight excluding hydrogens is 291 g/mol. The van der Waals surface area contributed by atoms with Crippen LogP contribution in [0.25, 0.3) is 0 Å². The van der Waals surface area contributed by atoms with Gasteiger partial charge in [-0.1, -0.05) is 0 Å². The quantitative estimate of drug-likeness (QED) is 0.867. The molecule has 1 aromatic carbocycles. The lowest BCUT2D eigenvalue weighted by molar-refractivity contribution is 0.146. The number of rotatable bonds is 1. The van der Waals surface area contributed by atoms with E-state index in [1.54, 1.807) is 6.07 Å². The van der Waals surface area contributed by atoms with E-state index in [1.165, 1.54) is 0 Å². The first-order chi connectivity index (χ1) is 8.12. The highest BCUT2D eigenvalue weighted by molar-refractivity contribution is 9.10. The number of hydrogen-bond donors (Lipinski definition) is 1. The summed E-state index contributed by atoms with van der Waals surface area (Å²) in [5, 5.41) is 10.0. The van der Waals surface area contributed by atoms with Crippen LogP contribution in [-0.2, 0) is 5.60 Å². The molecule has 5 heteroatoms. The van der Waals surface area contributed by atoms with Crippen molar-refractivity contribution in [2.75, 3.05) is 13.2 Å². The van der Waals surface area contributed by atoms with Gasteiger partial charge in [0.25, 0.3) is 0 Å². The monoisotopic (exact) mass is 302 g/mol. The summed E-state index contributed by atoms with van der Waals surface area (Å²) in [4.78, 5) is 0. The molecule has 0 atom stereocenters. The SMILES string of the molecule is OC1(c2cc3c(c(Br)c2F)OCCCO3)CC1. The zero-order chi connectivity index (χ0) is 12.0. The third-order valence-corrected chi connectivity index (χ3v) is 3.85. The van der Waals surface area contributed by atoms with Gasteiger partial charge in [0.05, 0.1) is 23.3 Å². The lowest BCUT2D eigenvalue weighted by Gasteiger charge is -2.16. The van der Waals surface area contributed by atoms with E-state index in [4.69, 9.17) is 9.47 Å². The zero-order valence-corrected chi connectivity index (χ0v) is 10.7. The molecule has 2 aliphatic rings. The van der Waals surface area contributed by atoms with Gasteiger partial charge in [-0.3, -0.25) is 0 Å². The molecule has 1 aliphatic heterocycles. The van der Waals surface area contributed by atoms with Crippen LogP contribution >= 0.6 is 15.9 Å². The van der Waals surface area contributed by atoms with Gasteiger partial charge in [0.1, 0.15) is 5.82 Å². The normalized spacial score (nSPS) is 20.9. The molecule has 1 N–H and O–H groups in total. The highest BCUT2D eigenvalue weighted by Gasteiger charge is 2.45. The lowest BCUT2D eigenvalue weighted by atomic mass is 10.1. The average Bonchev–Trinajstić information content (AvgIpc) is 3.07. The molecule has 1 fully saturated rings. The van der Waals surface area contributed by atoms with Crippen molar-refractivity contribution in [2.45, 2.75) is 24.9 Å². The van der Waals surface area contributed by atoms with E-state index in [0.29, 0.717) is 43.1 Å². The number of aliphatic hydroxyl groups is 1. The Morgan fingerprint density at radius 1 is 1.29 bits per heavy atom. The Labute approximate surface area is 107 Å². The fourth-order valence-corrected chi connectivity index (χ4v) is 2.49. The van der Waals surface area contributed by atoms with Crippen LogP contribution in [0, 0.1) is 5.82 Å². The first kappa shape index (κ1) is 11.3. The highest BCUT2D eigenvalue weighted by Crippen LogP contribution is 2.51. The van der Waals surface area contributed by atoms with Crippen LogP contribution in [0.2, 0.25) is 0 Å². The second-order valence-electron chi connectivity index (χ2n) is 4.46. The van der Waals surface area contributed by atoms with Gasteiger partial charge in [-0.15, -0.1) is 0 Å². The maximum absolute atomic E-state index is 14.1. The summed E-state index contributed by atoms with van der Waals surface area (Å²) in [6, 6.07) is 1.56. The van der Waals surface area contributed by atoms with Crippen LogP contribution in [-0.4, -0.2) is 18.3 Å². The molecule has 0 unspecified atom stereocenters.